The first-order chi connectivity index (χ1) is 6.63. The summed E-state index contributed by atoms with van der Waals surface area (Å²) in [5.41, 5.74) is 0. The summed E-state index contributed by atoms with van der Waals surface area (Å²) in [6.45, 7) is 0. The van der Waals surface area contributed by atoms with Gasteiger partial charge in [0.1, 0.15) is 5.38 Å². The first-order valence-corrected chi connectivity index (χ1v) is 5.93. The van der Waals surface area contributed by atoms with E-state index < -0.39 is 5.38 Å². The van der Waals surface area contributed by atoms with E-state index in [0.717, 1.165) is 4.90 Å². The van der Waals surface area contributed by atoms with Crippen LogP contribution in [0.2, 0.25) is 10.0 Å². The molecule has 0 aliphatic heterocycles. The van der Waals surface area contributed by atoms with E-state index in [4.69, 9.17) is 40.1 Å². The zero-order valence-corrected chi connectivity index (χ0v) is 10.1. The van der Waals surface area contributed by atoms with Crippen molar-refractivity contribution in [3.05, 3.63) is 28.2 Å². The molecule has 14 heavy (non-hydrogen) atoms. The fraction of sp³-hybridized carbons (Fsp3) is 0.222. The number of rotatable bonds is 3. The minimum atomic E-state index is -0.477. The lowest BCUT2D eigenvalue weighted by atomic mass is 10.4. The second-order valence-corrected chi connectivity index (χ2v) is 4.92. The summed E-state index contributed by atoms with van der Waals surface area (Å²) in [4.78, 5) is 0.959. The highest BCUT2D eigenvalue weighted by Crippen LogP contribution is 2.28. The Balaban J connectivity index is 2.61. The van der Waals surface area contributed by atoms with Gasteiger partial charge in [-0.2, -0.15) is 5.26 Å². The minimum Gasteiger partial charge on any atom is -0.197 e. The second kappa shape index (κ2) is 5.72. The van der Waals surface area contributed by atoms with Gasteiger partial charge in [-0.1, -0.05) is 23.2 Å². The van der Waals surface area contributed by atoms with Gasteiger partial charge in [-0.25, -0.2) is 0 Å². The fourth-order valence-electron chi connectivity index (χ4n) is 0.773. The van der Waals surface area contributed by atoms with Crippen LogP contribution in [-0.2, 0) is 0 Å². The third kappa shape index (κ3) is 3.59. The molecule has 74 valence electrons. The number of benzene rings is 1. The van der Waals surface area contributed by atoms with Crippen molar-refractivity contribution in [2.24, 2.45) is 0 Å². The molecule has 0 aliphatic carbocycles. The molecule has 1 rings (SSSR count). The smallest absolute Gasteiger partial charge is 0.129 e. The van der Waals surface area contributed by atoms with Crippen LogP contribution in [0.25, 0.3) is 0 Å². The van der Waals surface area contributed by atoms with E-state index in [2.05, 4.69) is 0 Å². The molecule has 0 bridgehead atoms. The summed E-state index contributed by atoms with van der Waals surface area (Å²) in [5, 5.41) is 9.03. The molecular weight excluding hydrogens is 261 g/mol. The first kappa shape index (κ1) is 12.0. The Morgan fingerprint density at radius 2 is 2.07 bits per heavy atom. The topological polar surface area (TPSA) is 23.8 Å². The van der Waals surface area contributed by atoms with E-state index >= 15 is 0 Å². The maximum absolute atomic E-state index is 8.47. The molecule has 0 amide bonds. The van der Waals surface area contributed by atoms with E-state index in [-0.39, 0.29) is 0 Å². The van der Waals surface area contributed by atoms with Crippen molar-refractivity contribution in [3.63, 3.8) is 0 Å². The minimum absolute atomic E-state index is 0.477. The van der Waals surface area contributed by atoms with E-state index in [1.54, 1.807) is 12.1 Å². The second-order valence-electron chi connectivity index (χ2n) is 2.48. The van der Waals surface area contributed by atoms with Gasteiger partial charge >= 0.3 is 0 Å². The summed E-state index contributed by atoms with van der Waals surface area (Å²) in [6.07, 6.45) is 0. The Morgan fingerprint density at radius 1 is 1.36 bits per heavy atom. The third-order valence-corrected chi connectivity index (χ3v) is 3.69. The quantitative estimate of drug-likeness (QED) is 0.604. The third-order valence-electron chi connectivity index (χ3n) is 1.43. The molecule has 1 atom stereocenters. The van der Waals surface area contributed by atoms with Gasteiger partial charge in [-0.15, -0.1) is 23.4 Å². The zero-order valence-electron chi connectivity index (χ0n) is 7.01. The molecule has 0 aromatic heterocycles. The lowest BCUT2D eigenvalue weighted by Gasteiger charge is -2.02. The number of alkyl halides is 1. The largest absolute Gasteiger partial charge is 0.197 e. The van der Waals surface area contributed by atoms with Crippen LogP contribution in [0.15, 0.2) is 23.1 Å². The van der Waals surface area contributed by atoms with Gasteiger partial charge in [0.2, 0.25) is 0 Å². The van der Waals surface area contributed by atoms with Gasteiger partial charge in [-0.05, 0) is 18.2 Å². The summed E-state index contributed by atoms with van der Waals surface area (Å²) in [5.74, 6) is 0.538. The van der Waals surface area contributed by atoms with Crippen molar-refractivity contribution in [1.29, 1.82) is 5.26 Å². The zero-order chi connectivity index (χ0) is 10.6. The molecule has 0 spiro atoms. The summed E-state index contributed by atoms with van der Waals surface area (Å²) < 4.78 is 0. The molecule has 5 heteroatoms. The van der Waals surface area contributed by atoms with E-state index in [0.29, 0.717) is 15.8 Å². The van der Waals surface area contributed by atoms with Gasteiger partial charge in [0.05, 0.1) is 16.1 Å². The van der Waals surface area contributed by atoms with E-state index in [1.165, 1.54) is 11.8 Å². The highest BCUT2D eigenvalue weighted by Gasteiger charge is 2.04. The predicted octanol–water partition coefficient (Wildman–Crippen LogP) is 4.22. The highest BCUT2D eigenvalue weighted by atomic mass is 35.5. The lowest BCUT2D eigenvalue weighted by Crippen LogP contribution is -1.96. The molecule has 1 nitrogen and oxygen atoms in total. The fourth-order valence-corrected chi connectivity index (χ4v) is 2.10. The molecule has 1 aromatic carbocycles. The summed E-state index contributed by atoms with van der Waals surface area (Å²) in [7, 11) is 0. The monoisotopic (exact) mass is 265 g/mol. The van der Waals surface area contributed by atoms with Crippen LogP contribution in [0.1, 0.15) is 0 Å². The van der Waals surface area contributed by atoms with Gasteiger partial charge in [-0.3, -0.25) is 0 Å². The Bertz CT molecular complexity index is 362. The van der Waals surface area contributed by atoms with Gasteiger partial charge in [0.25, 0.3) is 0 Å². The average molecular weight is 267 g/mol. The Morgan fingerprint density at radius 3 is 2.64 bits per heavy atom. The lowest BCUT2D eigenvalue weighted by molar-refractivity contribution is 1.24. The molecule has 0 radical (unpaired) electrons. The maximum Gasteiger partial charge on any atom is 0.129 e. The Labute approximate surface area is 102 Å². The van der Waals surface area contributed by atoms with Crippen molar-refractivity contribution >= 4 is 46.6 Å². The summed E-state index contributed by atoms with van der Waals surface area (Å²) in [6, 6.07) is 7.28. The van der Waals surface area contributed by atoms with Gasteiger partial charge in [0.15, 0.2) is 0 Å². The van der Waals surface area contributed by atoms with Crippen LogP contribution in [0, 0.1) is 11.3 Å². The Kier molecular flexibility index (Phi) is 4.91. The number of nitriles is 1. The van der Waals surface area contributed by atoms with Gasteiger partial charge < -0.3 is 0 Å². The van der Waals surface area contributed by atoms with Crippen molar-refractivity contribution in [2.45, 2.75) is 10.3 Å². The Hall–Kier alpha value is -0.0700. The molecule has 0 saturated carbocycles. The predicted molar refractivity (Wildman–Crippen MR) is 62.4 cm³/mol. The SMILES string of the molecule is N#CC(Cl)CSc1ccc(Cl)c(Cl)c1. The van der Waals surface area contributed by atoms with E-state index in [1.807, 2.05) is 12.1 Å². The van der Waals surface area contributed by atoms with Crippen LogP contribution in [-0.4, -0.2) is 11.1 Å². The molecule has 0 aliphatic rings. The number of nitrogens with zero attached hydrogens (tertiary/aromatic N) is 1. The number of hydrogen-bond donors (Lipinski definition) is 0. The standard InChI is InChI=1S/C9H6Cl3NS/c10-6(4-13)5-14-7-1-2-8(11)9(12)3-7/h1-3,6H,5H2. The number of halogens is 3. The molecule has 0 N–H and O–H groups in total. The normalized spacial score (nSPS) is 12.1. The maximum atomic E-state index is 8.47. The molecule has 0 fully saturated rings. The van der Waals surface area contributed by atoms with Crippen LogP contribution in [0.3, 0.4) is 0 Å². The molecule has 1 unspecified atom stereocenters. The molecule has 1 aromatic rings. The van der Waals surface area contributed by atoms with Crippen LogP contribution < -0.4 is 0 Å². The summed E-state index contributed by atoms with van der Waals surface area (Å²) >= 11 is 18.7. The van der Waals surface area contributed by atoms with Crippen molar-refractivity contribution in [1.82, 2.24) is 0 Å². The number of hydrogen-bond acceptors (Lipinski definition) is 2. The van der Waals surface area contributed by atoms with E-state index in [9.17, 15) is 0 Å². The average Bonchev–Trinajstić information content (AvgIpc) is 2.19. The van der Waals surface area contributed by atoms with Crippen LogP contribution in [0.4, 0.5) is 0 Å². The highest BCUT2D eigenvalue weighted by molar-refractivity contribution is 7.99. The number of thioether (sulfide) groups is 1. The van der Waals surface area contributed by atoms with Crippen molar-refractivity contribution in [3.8, 4) is 6.07 Å². The molecule has 0 heterocycles. The van der Waals surface area contributed by atoms with Crippen molar-refractivity contribution < 1.29 is 0 Å². The van der Waals surface area contributed by atoms with Gasteiger partial charge in [0, 0.05) is 10.6 Å². The van der Waals surface area contributed by atoms with Crippen molar-refractivity contribution in [2.75, 3.05) is 5.75 Å². The van der Waals surface area contributed by atoms with Crippen LogP contribution >= 0.6 is 46.6 Å². The molecule has 0 saturated heterocycles. The first-order valence-electron chi connectivity index (χ1n) is 3.75. The molecular formula is C9H6Cl3NS. The van der Waals surface area contributed by atoms with Crippen LogP contribution in [0.5, 0.6) is 0 Å².